The Morgan fingerprint density at radius 3 is 2.48 bits per heavy atom. The second kappa shape index (κ2) is 8.50. The van der Waals surface area contributed by atoms with E-state index in [2.05, 4.69) is 26.3 Å². The molecular weight excluding hydrogens is 402 g/mol. The zero-order valence-corrected chi connectivity index (χ0v) is 17.1. The Labute approximate surface area is 161 Å². The van der Waals surface area contributed by atoms with Gasteiger partial charge in [-0.15, -0.1) is 0 Å². The number of carbonyl (C=O) groups excluding carboxylic acids is 1. The molecule has 0 atom stereocenters. The Bertz CT molecular complexity index is 888. The van der Waals surface area contributed by atoms with Crippen molar-refractivity contribution in [2.75, 3.05) is 0 Å². The fourth-order valence-corrected chi connectivity index (χ4v) is 3.27. The van der Waals surface area contributed by atoms with Crippen molar-refractivity contribution >= 4 is 44.3 Å². The summed E-state index contributed by atoms with van der Waals surface area (Å²) in [6.45, 7) is 6.41. The van der Waals surface area contributed by atoms with Crippen LogP contribution >= 0.6 is 27.5 Å². The first-order valence-corrected chi connectivity index (χ1v) is 9.29. The Balaban J connectivity index is 0.00000109. The maximum atomic E-state index is 12.5. The molecule has 3 aromatic rings. The van der Waals surface area contributed by atoms with E-state index in [-0.39, 0.29) is 5.91 Å². The molecule has 0 fully saturated rings. The average molecular weight is 423 g/mol. The maximum absolute atomic E-state index is 12.5. The molecule has 132 valence electrons. The molecule has 4 nitrogen and oxygen atoms in total. The molecule has 0 aliphatic rings. The Morgan fingerprint density at radius 1 is 1.20 bits per heavy atom. The van der Waals surface area contributed by atoms with E-state index in [4.69, 9.17) is 11.6 Å². The highest BCUT2D eigenvalue weighted by Gasteiger charge is 2.19. The van der Waals surface area contributed by atoms with Crippen LogP contribution in [0.5, 0.6) is 0 Å². The minimum absolute atomic E-state index is 0.188. The summed E-state index contributed by atoms with van der Waals surface area (Å²) in [6.07, 6.45) is 0. The van der Waals surface area contributed by atoms with Gasteiger partial charge in [0.05, 0.1) is 5.52 Å². The smallest absolute Gasteiger partial charge is 0.272 e. The molecule has 1 heterocycles. The van der Waals surface area contributed by atoms with Crippen LogP contribution in [-0.2, 0) is 13.6 Å². The zero-order chi connectivity index (χ0) is 18.6. The first-order chi connectivity index (χ1) is 12.0. The van der Waals surface area contributed by atoms with Gasteiger partial charge in [-0.3, -0.25) is 9.48 Å². The van der Waals surface area contributed by atoms with E-state index >= 15 is 0 Å². The van der Waals surface area contributed by atoms with Crippen molar-refractivity contribution < 1.29 is 4.79 Å². The molecule has 1 amide bonds. The van der Waals surface area contributed by atoms with Crippen LogP contribution in [-0.4, -0.2) is 15.7 Å². The number of nitrogens with zero attached hydrogens (tertiary/aromatic N) is 2. The first-order valence-electron chi connectivity index (χ1n) is 8.12. The second-order valence-corrected chi connectivity index (χ2v) is 6.66. The van der Waals surface area contributed by atoms with E-state index in [9.17, 15) is 4.79 Å². The number of aryl methyl sites for hydroxylation is 2. The van der Waals surface area contributed by atoms with E-state index in [1.54, 1.807) is 16.8 Å². The van der Waals surface area contributed by atoms with Crippen LogP contribution in [0.25, 0.3) is 10.9 Å². The maximum Gasteiger partial charge on any atom is 0.272 e. The quantitative estimate of drug-likeness (QED) is 0.626. The monoisotopic (exact) mass is 421 g/mol. The standard InChI is InChI=1S/C17H15BrClN3O.C2H6/c1-10-3-8-13(18)16-14(10)15(21-22(16)2)17(23)20-9-11-4-6-12(19)7-5-11;1-2/h3-8H,9H2,1-2H3,(H,20,23);1-2H3. The van der Waals surface area contributed by atoms with Crippen LogP contribution in [0.15, 0.2) is 40.9 Å². The molecule has 0 spiro atoms. The van der Waals surface area contributed by atoms with Gasteiger partial charge in [-0.2, -0.15) is 5.10 Å². The molecule has 3 rings (SSSR count). The van der Waals surface area contributed by atoms with Crippen LogP contribution < -0.4 is 5.32 Å². The lowest BCUT2D eigenvalue weighted by atomic mass is 10.1. The fraction of sp³-hybridized carbons (Fsp3) is 0.263. The molecule has 0 saturated heterocycles. The Kier molecular flexibility index (Phi) is 6.62. The molecule has 25 heavy (non-hydrogen) atoms. The molecular formula is C19H21BrClN3O. The summed E-state index contributed by atoms with van der Waals surface area (Å²) in [6, 6.07) is 11.3. The molecule has 0 unspecified atom stereocenters. The summed E-state index contributed by atoms with van der Waals surface area (Å²) in [4.78, 5) is 12.5. The van der Waals surface area contributed by atoms with Crippen LogP contribution in [0.1, 0.15) is 35.5 Å². The molecule has 0 radical (unpaired) electrons. The molecule has 0 aliphatic heterocycles. The first kappa shape index (κ1) is 19.5. The summed E-state index contributed by atoms with van der Waals surface area (Å²) in [7, 11) is 1.84. The summed E-state index contributed by atoms with van der Waals surface area (Å²) in [5.74, 6) is -0.188. The summed E-state index contributed by atoms with van der Waals surface area (Å²) >= 11 is 9.39. The third kappa shape index (κ3) is 4.22. The van der Waals surface area contributed by atoms with Gasteiger partial charge in [-0.25, -0.2) is 0 Å². The third-order valence-corrected chi connectivity index (χ3v) is 4.62. The number of rotatable bonds is 3. The van der Waals surface area contributed by atoms with Gasteiger partial charge >= 0.3 is 0 Å². The number of hydrogen-bond acceptors (Lipinski definition) is 2. The second-order valence-electron chi connectivity index (χ2n) is 5.37. The van der Waals surface area contributed by atoms with E-state index in [1.807, 2.05) is 52.1 Å². The average Bonchev–Trinajstić information content (AvgIpc) is 2.98. The van der Waals surface area contributed by atoms with Crippen molar-refractivity contribution in [3.8, 4) is 0 Å². The minimum Gasteiger partial charge on any atom is -0.347 e. The summed E-state index contributed by atoms with van der Waals surface area (Å²) < 4.78 is 2.65. The number of benzene rings is 2. The third-order valence-electron chi connectivity index (χ3n) is 3.73. The number of carbonyl (C=O) groups is 1. The molecule has 1 N–H and O–H groups in total. The van der Waals surface area contributed by atoms with Crippen molar-refractivity contribution in [3.63, 3.8) is 0 Å². The predicted octanol–water partition coefficient (Wildman–Crippen LogP) is 5.25. The van der Waals surface area contributed by atoms with Crippen molar-refractivity contribution in [1.82, 2.24) is 15.1 Å². The van der Waals surface area contributed by atoms with Gasteiger partial charge in [-0.1, -0.05) is 43.6 Å². The molecule has 2 aromatic carbocycles. The van der Waals surface area contributed by atoms with Gasteiger partial charge in [0.25, 0.3) is 5.91 Å². The minimum atomic E-state index is -0.188. The molecule has 0 aliphatic carbocycles. The highest BCUT2D eigenvalue weighted by Crippen LogP contribution is 2.29. The summed E-state index contributed by atoms with van der Waals surface area (Å²) in [5.41, 5.74) is 3.37. The fourth-order valence-electron chi connectivity index (χ4n) is 2.56. The normalized spacial score (nSPS) is 10.3. The number of nitrogens with one attached hydrogen (secondary N) is 1. The van der Waals surface area contributed by atoms with E-state index in [1.165, 1.54) is 0 Å². The number of amides is 1. The van der Waals surface area contributed by atoms with Gasteiger partial charge in [0.15, 0.2) is 5.69 Å². The highest BCUT2D eigenvalue weighted by atomic mass is 79.9. The molecule has 1 aromatic heterocycles. The van der Waals surface area contributed by atoms with Gasteiger partial charge in [0, 0.05) is 28.5 Å². The number of aromatic nitrogens is 2. The van der Waals surface area contributed by atoms with Crippen LogP contribution in [0.3, 0.4) is 0 Å². The van der Waals surface area contributed by atoms with Gasteiger partial charge < -0.3 is 5.32 Å². The lowest BCUT2D eigenvalue weighted by Gasteiger charge is -2.05. The molecule has 0 bridgehead atoms. The lowest BCUT2D eigenvalue weighted by Crippen LogP contribution is -2.23. The highest BCUT2D eigenvalue weighted by molar-refractivity contribution is 9.10. The number of hydrogen-bond donors (Lipinski definition) is 1. The Hall–Kier alpha value is -1.85. The molecule has 0 saturated carbocycles. The van der Waals surface area contributed by atoms with Crippen LogP contribution in [0, 0.1) is 6.92 Å². The van der Waals surface area contributed by atoms with Crippen molar-refractivity contribution in [2.45, 2.75) is 27.3 Å². The largest absolute Gasteiger partial charge is 0.347 e. The van der Waals surface area contributed by atoms with Crippen LogP contribution in [0.4, 0.5) is 0 Å². The predicted molar refractivity (Wildman–Crippen MR) is 107 cm³/mol. The van der Waals surface area contributed by atoms with Gasteiger partial charge in [0.2, 0.25) is 0 Å². The van der Waals surface area contributed by atoms with Gasteiger partial charge in [-0.05, 0) is 52.2 Å². The van der Waals surface area contributed by atoms with E-state index in [0.717, 1.165) is 26.5 Å². The zero-order valence-electron chi connectivity index (χ0n) is 14.7. The van der Waals surface area contributed by atoms with E-state index in [0.29, 0.717) is 17.3 Å². The van der Waals surface area contributed by atoms with Crippen LogP contribution in [0.2, 0.25) is 5.02 Å². The number of halogens is 2. The van der Waals surface area contributed by atoms with Crippen molar-refractivity contribution in [1.29, 1.82) is 0 Å². The SMILES string of the molecule is CC.Cc1ccc(Br)c2c1c(C(=O)NCc1ccc(Cl)cc1)nn2C. The van der Waals surface area contributed by atoms with Crippen molar-refractivity contribution in [2.24, 2.45) is 7.05 Å². The lowest BCUT2D eigenvalue weighted by molar-refractivity contribution is 0.0946. The van der Waals surface area contributed by atoms with E-state index < -0.39 is 0 Å². The Morgan fingerprint density at radius 2 is 1.84 bits per heavy atom. The summed E-state index contributed by atoms with van der Waals surface area (Å²) in [5, 5.41) is 8.85. The van der Waals surface area contributed by atoms with Crippen molar-refractivity contribution in [3.05, 3.63) is 62.7 Å². The topological polar surface area (TPSA) is 46.9 Å². The van der Waals surface area contributed by atoms with Gasteiger partial charge in [0.1, 0.15) is 0 Å². The number of fused-ring (bicyclic) bond motifs is 1. The molecule has 6 heteroatoms.